The summed E-state index contributed by atoms with van der Waals surface area (Å²) >= 11 is 0. The van der Waals surface area contributed by atoms with E-state index in [1.807, 2.05) is 6.92 Å². The summed E-state index contributed by atoms with van der Waals surface area (Å²) in [5.74, 6) is 0.313. The molecule has 2 unspecified atom stereocenters. The topological polar surface area (TPSA) is 61.5 Å². The maximum atomic E-state index is 11.4. The van der Waals surface area contributed by atoms with Gasteiger partial charge in [0.25, 0.3) is 0 Å². The molecule has 1 saturated carbocycles. The summed E-state index contributed by atoms with van der Waals surface area (Å²) < 4.78 is 9.96. The van der Waals surface area contributed by atoms with E-state index < -0.39 is 0 Å². The van der Waals surface area contributed by atoms with Crippen LogP contribution in [0.15, 0.2) is 0 Å². The van der Waals surface area contributed by atoms with Gasteiger partial charge in [-0.1, -0.05) is 0 Å². The lowest BCUT2D eigenvalue weighted by Gasteiger charge is -2.36. The second-order valence-corrected chi connectivity index (χ2v) is 4.48. The van der Waals surface area contributed by atoms with E-state index in [0.29, 0.717) is 18.9 Å². The molecule has 0 aliphatic heterocycles. The first-order chi connectivity index (χ1) is 7.06. The van der Waals surface area contributed by atoms with Gasteiger partial charge in [0.2, 0.25) is 0 Å². The van der Waals surface area contributed by atoms with Gasteiger partial charge in [-0.25, -0.2) is 0 Å². The maximum Gasteiger partial charge on any atom is 0.306 e. The van der Waals surface area contributed by atoms with E-state index >= 15 is 0 Å². The van der Waals surface area contributed by atoms with Crippen LogP contribution in [0, 0.1) is 11.3 Å². The Balaban J connectivity index is 2.76. The molecule has 0 amide bonds. The Morgan fingerprint density at radius 3 is 2.47 bits per heavy atom. The van der Waals surface area contributed by atoms with Crippen LogP contribution in [-0.4, -0.2) is 32.8 Å². The van der Waals surface area contributed by atoms with Crippen LogP contribution in [0.4, 0.5) is 0 Å². The molecule has 2 N–H and O–H groups in total. The number of methoxy groups -OCH3 is 2. The molecule has 1 fully saturated rings. The molecule has 0 heterocycles. The van der Waals surface area contributed by atoms with Crippen molar-refractivity contribution in [2.24, 2.45) is 17.1 Å². The molecule has 1 aliphatic rings. The first-order valence-electron chi connectivity index (χ1n) is 5.38. The molecule has 4 heteroatoms. The van der Waals surface area contributed by atoms with Crippen molar-refractivity contribution in [2.75, 3.05) is 20.8 Å². The second-order valence-electron chi connectivity index (χ2n) is 4.48. The van der Waals surface area contributed by atoms with Crippen molar-refractivity contribution >= 4 is 5.97 Å². The third kappa shape index (κ3) is 2.69. The standard InChI is InChI=1S/C11H21NO3/c1-8(12)11(7-14-2,9-4-5-9)6-10(13)15-3/h8-9H,4-7,12H2,1-3H3. The minimum Gasteiger partial charge on any atom is -0.469 e. The number of nitrogens with two attached hydrogens (primary N) is 1. The Labute approximate surface area is 91.1 Å². The highest BCUT2D eigenvalue weighted by molar-refractivity contribution is 5.70. The van der Waals surface area contributed by atoms with Crippen LogP contribution in [0.1, 0.15) is 26.2 Å². The van der Waals surface area contributed by atoms with Crippen LogP contribution < -0.4 is 5.73 Å². The minimum atomic E-state index is -0.234. The zero-order valence-electron chi connectivity index (χ0n) is 9.79. The highest BCUT2D eigenvalue weighted by Gasteiger charge is 2.49. The van der Waals surface area contributed by atoms with Gasteiger partial charge >= 0.3 is 5.97 Å². The van der Waals surface area contributed by atoms with Crippen LogP contribution in [0.3, 0.4) is 0 Å². The van der Waals surface area contributed by atoms with Crippen molar-refractivity contribution in [3.8, 4) is 0 Å². The fourth-order valence-electron chi connectivity index (χ4n) is 2.25. The molecule has 0 aromatic carbocycles. The van der Waals surface area contributed by atoms with E-state index in [1.165, 1.54) is 7.11 Å². The smallest absolute Gasteiger partial charge is 0.306 e. The molecule has 15 heavy (non-hydrogen) atoms. The fourth-order valence-corrected chi connectivity index (χ4v) is 2.25. The first-order valence-corrected chi connectivity index (χ1v) is 5.38. The molecule has 1 aliphatic carbocycles. The summed E-state index contributed by atoms with van der Waals surface area (Å²) in [6.07, 6.45) is 2.64. The molecule has 0 radical (unpaired) electrons. The van der Waals surface area contributed by atoms with Crippen molar-refractivity contribution in [2.45, 2.75) is 32.2 Å². The number of rotatable bonds is 6. The van der Waals surface area contributed by atoms with Crippen molar-refractivity contribution in [3.63, 3.8) is 0 Å². The van der Waals surface area contributed by atoms with E-state index in [2.05, 4.69) is 0 Å². The molecule has 88 valence electrons. The summed E-state index contributed by atoms with van der Waals surface area (Å²) in [5.41, 5.74) is 5.78. The summed E-state index contributed by atoms with van der Waals surface area (Å²) in [5, 5.41) is 0. The predicted molar refractivity (Wildman–Crippen MR) is 57.3 cm³/mol. The number of carbonyl (C=O) groups excluding carboxylic acids is 1. The quantitative estimate of drug-likeness (QED) is 0.670. The number of carbonyl (C=O) groups is 1. The summed E-state index contributed by atoms with van der Waals surface area (Å²) in [6, 6.07) is -0.0518. The van der Waals surface area contributed by atoms with E-state index in [9.17, 15) is 4.79 Å². The lowest BCUT2D eigenvalue weighted by molar-refractivity contribution is -0.145. The zero-order chi connectivity index (χ0) is 11.5. The van der Waals surface area contributed by atoms with E-state index in [-0.39, 0.29) is 17.4 Å². The van der Waals surface area contributed by atoms with Crippen LogP contribution in [-0.2, 0) is 14.3 Å². The van der Waals surface area contributed by atoms with E-state index in [0.717, 1.165) is 12.8 Å². The average Bonchev–Trinajstić information content (AvgIpc) is 2.99. The predicted octanol–water partition coefficient (Wildman–Crippen LogP) is 0.940. The molecule has 4 nitrogen and oxygen atoms in total. The molecule has 0 spiro atoms. The lowest BCUT2D eigenvalue weighted by Crippen LogP contribution is -2.46. The second kappa shape index (κ2) is 4.94. The van der Waals surface area contributed by atoms with Crippen molar-refractivity contribution < 1.29 is 14.3 Å². The van der Waals surface area contributed by atoms with Gasteiger partial charge in [0.15, 0.2) is 0 Å². The SMILES string of the molecule is COCC(CC(=O)OC)(C(C)N)C1CC1. The van der Waals surface area contributed by atoms with Crippen LogP contribution in [0.2, 0.25) is 0 Å². The van der Waals surface area contributed by atoms with Gasteiger partial charge in [0.1, 0.15) is 0 Å². The third-order valence-electron chi connectivity index (χ3n) is 3.41. The average molecular weight is 215 g/mol. The molecule has 0 aromatic rings. The van der Waals surface area contributed by atoms with E-state index in [1.54, 1.807) is 7.11 Å². The Morgan fingerprint density at radius 2 is 2.13 bits per heavy atom. The summed E-state index contributed by atoms with van der Waals surface area (Å²) in [4.78, 5) is 11.4. The third-order valence-corrected chi connectivity index (χ3v) is 3.41. The first kappa shape index (κ1) is 12.5. The monoisotopic (exact) mass is 215 g/mol. The van der Waals surface area contributed by atoms with Gasteiger partial charge in [-0.3, -0.25) is 4.79 Å². The number of hydrogen-bond donors (Lipinski definition) is 1. The number of ether oxygens (including phenoxy) is 2. The highest BCUT2D eigenvalue weighted by Crippen LogP contribution is 2.49. The van der Waals surface area contributed by atoms with Gasteiger partial charge in [-0.2, -0.15) is 0 Å². The Kier molecular flexibility index (Phi) is 4.11. The normalized spacial score (nSPS) is 21.9. The number of hydrogen-bond acceptors (Lipinski definition) is 4. The Morgan fingerprint density at radius 1 is 1.53 bits per heavy atom. The summed E-state index contributed by atoms with van der Waals surface area (Å²) in [6.45, 7) is 2.48. The van der Waals surface area contributed by atoms with Gasteiger partial charge in [0.05, 0.1) is 20.1 Å². The van der Waals surface area contributed by atoms with Crippen LogP contribution >= 0.6 is 0 Å². The van der Waals surface area contributed by atoms with Gasteiger partial charge < -0.3 is 15.2 Å². The Hall–Kier alpha value is -0.610. The van der Waals surface area contributed by atoms with Crippen molar-refractivity contribution in [1.29, 1.82) is 0 Å². The van der Waals surface area contributed by atoms with Crippen molar-refractivity contribution in [1.82, 2.24) is 0 Å². The molecule has 0 saturated heterocycles. The summed E-state index contributed by atoms with van der Waals surface area (Å²) in [7, 11) is 3.06. The molecule has 2 atom stereocenters. The van der Waals surface area contributed by atoms with Crippen molar-refractivity contribution in [3.05, 3.63) is 0 Å². The van der Waals surface area contributed by atoms with Gasteiger partial charge in [0, 0.05) is 18.6 Å². The molecule has 0 aromatic heterocycles. The maximum absolute atomic E-state index is 11.4. The van der Waals surface area contributed by atoms with Crippen LogP contribution in [0.25, 0.3) is 0 Å². The van der Waals surface area contributed by atoms with Gasteiger partial charge in [-0.05, 0) is 25.7 Å². The fraction of sp³-hybridized carbons (Fsp3) is 0.909. The number of esters is 1. The largest absolute Gasteiger partial charge is 0.469 e. The molecular weight excluding hydrogens is 194 g/mol. The lowest BCUT2D eigenvalue weighted by atomic mass is 9.74. The molecule has 1 rings (SSSR count). The van der Waals surface area contributed by atoms with Crippen LogP contribution in [0.5, 0.6) is 0 Å². The molecular formula is C11H21NO3. The van der Waals surface area contributed by atoms with E-state index in [4.69, 9.17) is 15.2 Å². The highest BCUT2D eigenvalue weighted by atomic mass is 16.5. The van der Waals surface area contributed by atoms with Gasteiger partial charge in [-0.15, -0.1) is 0 Å². The minimum absolute atomic E-state index is 0.0518. The zero-order valence-corrected chi connectivity index (χ0v) is 9.79. The Bertz CT molecular complexity index is 222. The molecule has 0 bridgehead atoms.